The maximum absolute atomic E-state index is 6.50. The van der Waals surface area contributed by atoms with E-state index >= 15 is 0 Å². The van der Waals surface area contributed by atoms with Crippen LogP contribution < -0.4 is 9.80 Å². The van der Waals surface area contributed by atoms with Crippen LogP contribution in [-0.2, 0) is 5.41 Å². The minimum atomic E-state index is -0.553. The van der Waals surface area contributed by atoms with Crippen molar-refractivity contribution in [2.75, 3.05) is 9.80 Å². The first-order valence-electron chi connectivity index (χ1n) is 22.2. The second-order valence-electron chi connectivity index (χ2n) is 17.2. The molecule has 0 amide bonds. The molecule has 0 bridgehead atoms. The molecule has 1 atom stereocenters. The lowest BCUT2D eigenvalue weighted by molar-refractivity contribution is 0.668. The Hall–Kier alpha value is -8.60. The SMILES string of the molecule is c1ccc(N(c2ccc3c(c2)-c2ccccc2C32c3ccccc3-c3c(N(c4ccccc4)c4ccc5c(c4)oc4ccccc45)cccc32)c2ccc3c(c2)oc2ccccc23)cc1. The lowest BCUT2D eigenvalue weighted by Crippen LogP contribution is -2.26. The summed E-state index contributed by atoms with van der Waals surface area (Å²) < 4.78 is 12.9. The van der Waals surface area contributed by atoms with Crippen molar-refractivity contribution in [1.29, 1.82) is 0 Å². The summed E-state index contributed by atoms with van der Waals surface area (Å²) in [5.41, 5.74) is 19.5. The summed E-state index contributed by atoms with van der Waals surface area (Å²) in [6.45, 7) is 0. The molecule has 1 spiro atoms. The van der Waals surface area contributed by atoms with Crippen LogP contribution in [0, 0.1) is 0 Å². The predicted octanol–water partition coefficient (Wildman–Crippen LogP) is 16.8. The number of benzene rings is 10. The van der Waals surface area contributed by atoms with Crippen molar-refractivity contribution in [1.82, 2.24) is 0 Å². The Morgan fingerprint density at radius 2 is 0.738 bits per heavy atom. The predicted molar refractivity (Wildman–Crippen MR) is 267 cm³/mol. The molecule has 0 radical (unpaired) electrons. The van der Waals surface area contributed by atoms with Gasteiger partial charge < -0.3 is 18.6 Å². The highest BCUT2D eigenvalue weighted by atomic mass is 16.3. The fourth-order valence-electron chi connectivity index (χ4n) is 11.2. The van der Waals surface area contributed by atoms with Gasteiger partial charge in [-0.3, -0.25) is 0 Å². The number of furan rings is 2. The Morgan fingerprint density at radius 3 is 1.40 bits per heavy atom. The second kappa shape index (κ2) is 13.7. The first-order valence-corrected chi connectivity index (χ1v) is 22.2. The number of hydrogen-bond acceptors (Lipinski definition) is 4. The maximum atomic E-state index is 6.50. The van der Waals surface area contributed by atoms with E-state index < -0.39 is 5.41 Å². The van der Waals surface area contributed by atoms with Crippen molar-refractivity contribution in [3.63, 3.8) is 0 Å². The van der Waals surface area contributed by atoms with Gasteiger partial charge in [0.25, 0.3) is 0 Å². The Balaban J connectivity index is 0.986. The molecule has 2 aliphatic rings. The van der Waals surface area contributed by atoms with Crippen LogP contribution in [0.3, 0.4) is 0 Å². The van der Waals surface area contributed by atoms with Gasteiger partial charge in [0.1, 0.15) is 22.3 Å². The Bertz CT molecular complexity index is 3870. The highest BCUT2D eigenvalue weighted by molar-refractivity contribution is 6.08. The second-order valence-corrected chi connectivity index (χ2v) is 17.2. The molecule has 14 rings (SSSR count). The normalized spacial score (nSPS) is 14.5. The summed E-state index contributed by atoms with van der Waals surface area (Å²) in [5.74, 6) is 0. The molecule has 2 aliphatic carbocycles. The van der Waals surface area contributed by atoms with Crippen molar-refractivity contribution in [3.05, 3.63) is 253 Å². The van der Waals surface area contributed by atoms with Crippen LogP contribution in [0.1, 0.15) is 22.3 Å². The number of para-hydroxylation sites is 4. The maximum Gasteiger partial charge on any atom is 0.137 e. The van der Waals surface area contributed by atoms with Gasteiger partial charge in [0.2, 0.25) is 0 Å². The van der Waals surface area contributed by atoms with Crippen LogP contribution in [0.4, 0.5) is 34.1 Å². The standard InChI is InChI=1S/C61H38N2O2/c1-3-16-39(17-4-1)62(42-30-33-47-45-21-9-13-28-56(45)64-58(47)37-42)41-32-35-53-50(36-41)44-20-7-11-24-51(44)61(53)52-25-12-8-23-49(52)60-54(61)26-15-27-55(60)63(40-18-5-2-6-19-40)43-31-34-48-46-22-10-14-29-57(46)65-59(48)38-43/h1-38H. The fourth-order valence-corrected chi connectivity index (χ4v) is 11.2. The van der Waals surface area contributed by atoms with Crippen LogP contribution in [0.5, 0.6) is 0 Å². The molecule has 0 aliphatic heterocycles. The molecular weight excluding hydrogens is 793 g/mol. The molecule has 4 nitrogen and oxygen atoms in total. The summed E-state index contributed by atoms with van der Waals surface area (Å²) in [4.78, 5) is 4.76. The van der Waals surface area contributed by atoms with Gasteiger partial charge in [0.05, 0.1) is 11.1 Å². The summed E-state index contributed by atoms with van der Waals surface area (Å²) in [6.07, 6.45) is 0. The number of fused-ring (bicyclic) bond motifs is 16. The van der Waals surface area contributed by atoms with Gasteiger partial charge in [0, 0.05) is 67.7 Å². The summed E-state index contributed by atoms with van der Waals surface area (Å²) in [6, 6.07) is 83.3. The van der Waals surface area contributed by atoms with E-state index in [1.54, 1.807) is 0 Å². The molecule has 2 heterocycles. The molecule has 0 fully saturated rings. The Labute approximate surface area is 375 Å². The first-order chi connectivity index (χ1) is 32.2. The molecule has 4 heteroatoms. The lowest BCUT2D eigenvalue weighted by atomic mass is 9.70. The topological polar surface area (TPSA) is 32.8 Å². The summed E-state index contributed by atoms with van der Waals surface area (Å²) in [7, 11) is 0. The van der Waals surface area contributed by atoms with Gasteiger partial charge >= 0.3 is 0 Å². The van der Waals surface area contributed by atoms with Gasteiger partial charge in [0.15, 0.2) is 0 Å². The van der Waals surface area contributed by atoms with Crippen molar-refractivity contribution in [2.24, 2.45) is 0 Å². The van der Waals surface area contributed by atoms with E-state index in [0.717, 1.165) is 78.0 Å². The average Bonchev–Trinajstić information content (AvgIpc) is 4.10. The van der Waals surface area contributed by atoms with E-state index in [9.17, 15) is 0 Å². The van der Waals surface area contributed by atoms with Crippen molar-refractivity contribution >= 4 is 78.0 Å². The summed E-state index contributed by atoms with van der Waals surface area (Å²) >= 11 is 0. The van der Waals surface area contributed by atoms with Crippen LogP contribution in [0.2, 0.25) is 0 Å². The highest BCUT2D eigenvalue weighted by Crippen LogP contribution is 2.65. The van der Waals surface area contributed by atoms with Crippen LogP contribution in [0.25, 0.3) is 66.1 Å². The van der Waals surface area contributed by atoms with Gasteiger partial charge in [-0.15, -0.1) is 0 Å². The third kappa shape index (κ3) is 5.08. The molecule has 304 valence electrons. The van der Waals surface area contributed by atoms with Crippen molar-refractivity contribution in [3.8, 4) is 22.3 Å². The first kappa shape index (κ1) is 35.9. The van der Waals surface area contributed by atoms with E-state index in [4.69, 9.17) is 8.83 Å². The number of hydrogen-bond donors (Lipinski definition) is 0. The van der Waals surface area contributed by atoms with Gasteiger partial charge in [-0.05, 0) is 118 Å². The molecule has 0 saturated heterocycles. The molecule has 1 unspecified atom stereocenters. The number of rotatable bonds is 6. The average molecular weight is 831 g/mol. The monoisotopic (exact) mass is 830 g/mol. The van der Waals surface area contributed by atoms with Crippen molar-refractivity contribution < 1.29 is 8.83 Å². The molecule has 12 aromatic rings. The van der Waals surface area contributed by atoms with E-state index in [1.807, 2.05) is 24.3 Å². The smallest absolute Gasteiger partial charge is 0.137 e. The number of anilines is 6. The zero-order valence-electron chi connectivity index (χ0n) is 35.2. The number of nitrogens with zero attached hydrogens (tertiary/aromatic N) is 2. The van der Waals surface area contributed by atoms with E-state index in [1.165, 1.54) is 44.5 Å². The summed E-state index contributed by atoms with van der Waals surface area (Å²) in [5, 5.41) is 4.47. The highest BCUT2D eigenvalue weighted by Gasteiger charge is 2.52. The Kier molecular flexibility index (Phi) is 7.57. The van der Waals surface area contributed by atoms with E-state index in [2.05, 4.69) is 216 Å². The third-order valence-electron chi connectivity index (χ3n) is 13.8. The fraction of sp³-hybridized carbons (Fsp3) is 0.0164. The molecule has 0 N–H and O–H groups in total. The lowest BCUT2D eigenvalue weighted by Gasteiger charge is -2.32. The van der Waals surface area contributed by atoms with Crippen LogP contribution in [-0.4, -0.2) is 0 Å². The minimum Gasteiger partial charge on any atom is -0.456 e. The molecule has 65 heavy (non-hydrogen) atoms. The largest absolute Gasteiger partial charge is 0.456 e. The van der Waals surface area contributed by atoms with Crippen LogP contribution >= 0.6 is 0 Å². The minimum absolute atomic E-state index is 0.553. The molecule has 2 aromatic heterocycles. The molecular formula is C61H38N2O2. The van der Waals surface area contributed by atoms with E-state index in [-0.39, 0.29) is 0 Å². The van der Waals surface area contributed by atoms with Crippen LogP contribution in [0.15, 0.2) is 239 Å². The van der Waals surface area contributed by atoms with E-state index in [0.29, 0.717) is 0 Å². The molecule has 0 saturated carbocycles. The zero-order valence-corrected chi connectivity index (χ0v) is 35.2. The third-order valence-corrected chi connectivity index (χ3v) is 13.8. The Morgan fingerprint density at radius 1 is 0.277 bits per heavy atom. The van der Waals surface area contributed by atoms with Crippen molar-refractivity contribution in [2.45, 2.75) is 5.41 Å². The van der Waals surface area contributed by atoms with Gasteiger partial charge in [-0.25, -0.2) is 0 Å². The van der Waals surface area contributed by atoms with Gasteiger partial charge in [-0.1, -0.05) is 140 Å². The van der Waals surface area contributed by atoms with Gasteiger partial charge in [-0.2, -0.15) is 0 Å². The molecule has 10 aromatic carbocycles. The zero-order chi connectivity index (χ0) is 42.6. The quantitative estimate of drug-likeness (QED) is 0.167.